The number of para-hydroxylation sites is 1. The number of rotatable bonds is 7. The van der Waals surface area contributed by atoms with Gasteiger partial charge in [-0.15, -0.1) is 0 Å². The molecule has 1 saturated carbocycles. The topological polar surface area (TPSA) is 61.9 Å². The van der Waals surface area contributed by atoms with Crippen molar-refractivity contribution in [3.63, 3.8) is 0 Å². The molecule has 4 rings (SSSR count). The second-order valence-corrected chi connectivity index (χ2v) is 8.62. The predicted molar refractivity (Wildman–Crippen MR) is 112 cm³/mol. The summed E-state index contributed by atoms with van der Waals surface area (Å²) in [7, 11) is 1.70. The van der Waals surface area contributed by atoms with E-state index in [9.17, 15) is 9.59 Å². The standard InChI is InChI=1S/C23H33N3O3/c1-29-21-7-3-2-6-19(21)20(25-12-4-5-13-25)16-24-22(27)17-10-14-26(15-11-17)23(28)18-8-9-18/h2-3,6-7,17-18,20H,4-5,8-16H2,1H3,(H,24,27)/t20-/m1/s1. The molecule has 0 aromatic heterocycles. The summed E-state index contributed by atoms with van der Waals surface area (Å²) in [6, 6.07) is 8.26. The minimum atomic E-state index is 0.00940. The number of likely N-dealkylation sites (tertiary alicyclic amines) is 2. The molecule has 1 N–H and O–H groups in total. The lowest BCUT2D eigenvalue weighted by Gasteiger charge is -2.33. The lowest BCUT2D eigenvalue weighted by Crippen LogP contribution is -2.45. The normalized spacial score (nSPS) is 21.8. The molecule has 2 heterocycles. The number of hydrogen-bond donors (Lipinski definition) is 1. The zero-order valence-corrected chi connectivity index (χ0v) is 17.4. The Labute approximate surface area is 173 Å². The molecule has 0 radical (unpaired) electrons. The van der Waals surface area contributed by atoms with Crippen molar-refractivity contribution >= 4 is 11.8 Å². The van der Waals surface area contributed by atoms with Gasteiger partial charge in [0.2, 0.25) is 11.8 Å². The second-order valence-electron chi connectivity index (χ2n) is 8.62. The van der Waals surface area contributed by atoms with Gasteiger partial charge in [-0.1, -0.05) is 18.2 Å². The third-order valence-corrected chi connectivity index (χ3v) is 6.65. The smallest absolute Gasteiger partial charge is 0.225 e. The van der Waals surface area contributed by atoms with Crippen molar-refractivity contribution in [2.45, 2.75) is 44.6 Å². The third kappa shape index (κ3) is 4.74. The van der Waals surface area contributed by atoms with Gasteiger partial charge < -0.3 is 15.0 Å². The Morgan fingerprint density at radius 3 is 2.38 bits per heavy atom. The van der Waals surface area contributed by atoms with Crippen molar-refractivity contribution in [1.29, 1.82) is 0 Å². The number of nitrogens with one attached hydrogen (secondary N) is 1. The van der Waals surface area contributed by atoms with E-state index in [1.165, 1.54) is 12.8 Å². The lowest BCUT2D eigenvalue weighted by atomic mass is 9.95. The van der Waals surface area contributed by atoms with Crippen LogP contribution in [0, 0.1) is 11.8 Å². The summed E-state index contributed by atoms with van der Waals surface area (Å²) in [5.41, 5.74) is 1.14. The van der Waals surface area contributed by atoms with Crippen LogP contribution in [0.2, 0.25) is 0 Å². The summed E-state index contributed by atoms with van der Waals surface area (Å²) in [5, 5.41) is 3.22. The molecular weight excluding hydrogens is 366 g/mol. The zero-order valence-electron chi connectivity index (χ0n) is 17.4. The van der Waals surface area contributed by atoms with Crippen LogP contribution in [0.15, 0.2) is 24.3 Å². The van der Waals surface area contributed by atoms with Crippen molar-refractivity contribution in [2.75, 3.05) is 39.8 Å². The van der Waals surface area contributed by atoms with Crippen molar-refractivity contribution in [1.82, 2.24) is 15.1 Å². The van der Waals surface area contributed by atoms with E-state index < -0.39 is 0 Å². The molecule has 1 aromatic carbocycles. The Bertz CT molecular complexity index is 720. The van der Waals surface area contributed by atoms with E-state index in [2.05, 4.69) is 16.3 Å². The highest BCUT2D eigenvalue weighted by Crippen LogP contribution is 2.33. The molecule has 0 bridgehead atoms. The molecule has 158 valence electrons. The van der Waals surface area contributed by atoms with Gasteiger partial charge in [0.05, 0.1) is 13.2 Å². The van der Waals surface area contributed by atoms with Crippen LogP contribution in [0.3, 0.4) is 0 Å². The molecule has 3 fully saturated rings. The van der Waals surface area contributed by atoms with Gasteiger partial charge in [-0.05, 0) is 57.7 Å². The summed E-state index contributed by atoms with van der Waals surface area (Å²) < 4.78 is 5.59. The predicted octanol–water partition coefficient (Wildman–Crippen LogP) is 2.60. The van der Waals surface area contributed by atoms with E-state index in [-0.39, 0.29) is 23.8 Å². The zero-order chi connectivity index (χ0) is 20.2. The van der Waals surface area contributed by atoms with Gasteiger partial charge in [0.15, 0.2) is 0 Å². The van der Waals surface area contributed by atoms with E-state index >= 15 is 0 Å². The number of piperidine rings is 1. The Hall–Kier alpha value is -2.08. The van der Waals surface area contributed by atoms with Gasteiger partial charge in [-0.25, -0.2) is 0 Å². The fraction of sp³-hybridized carbons (Fsp3) is 0.652. The van der Waals surface area contributed by atoms with Crippen molar-refractivity contribution < 1.29 is 14.3 Å². The molecule has 1 aromatic rings. The third-order valence-electron chi connectivity index (χ3n) is 6.65. The first-order valence-corrected chi connectivity index (χ1v) is 11.1. The minimum Gasteiger partial charge on any atom is -0.496 e. The van der Waals surface area contributed by atoms with Crippen LogP contribution in [0.1, 0.15) is 50.1 Å². The summed E-state index contributed by atoms with van der Waals surface area (Å²) in [4.78, 5) is 29.5. The van der Waals surface area contributed by atoms with Gasteiger partial charge >= 0.3 is 0 Å². The summed E-state index contributed by atoms with van der Waals surface area (Å²) in [5.74, 6) is 1.58. The number of amides is 2. The van der Waals surface area contributed by atoms with E-state index in [1.807, 2.05) is 23.1 Å². The highest BCUT2D eigenvalue weighted by molar-refractivity contribution is 5.82. The highest BCUT2D eigenvalue weighted by atomic mass is 16.5. The largest absolute Gasteiger partial charge is 0.496 e. The summed E-state index contributed by atoms with van der Waals surface area (Å²) in [6.45, 7) is 4.14. The number of nitrogens with zero attached hydrogens (tertiary/aromatic N) is 2. The number of carbonyl (C=O) groups excluding carboxylic acids is 2. The molecule has 1 atom stereocenters. The van der Waals surface area contributed by atoms with Crippen LogP contribution >= 0.6 is 0 Å². The van der Waals surface area contributed by atoms with E-state index in [4.69, 9.17) is 4.74 Å². The fourth-order valence-corrected chi connectivity index (χ4v) is 4.72. The summed E-state index contributed by atoms with van der Waals surface area (Å²) in [6.07, 6.45) is 6.03. The van der Waals surface area contributed by atoms with Gasteiger partial charge in [0.25, 0.3) is 0 Å². The van der Waals surface area contributed by atoms with Gasteiger partial charge in [0, 0.05) is 37.0 Å². The van der Waals surface area contributed by atoms with Crippen LogP contribution in [0.5, 0.6) is 5.75 Å². The maximum Gasteiger partial charge on any atom is 0.225 e. The monoisotopic (exact) mass is 399 g/mol. The molecular formula is C23H33N3O3. The first-order valence-electron chi connectivity index (χ1n) is 11.1. The lowest BCUT2D eigenvalue weighted by molar-refractivity contribution is -0.136. The van der Waals surface area contributed by atoms with E-state index in [0.717, 1.165) is 63.2 Å². The summed E-state index contributed by atoms with van der Waals surface area (Å²) >= 11 is 0. The molecule has 1 aliphatic carbocycles. The Morgan fingerprint density at radius 1 is 1.03 bits per heavy atom. The SMILES string of the molecule is COc1ccccc1[C@@H](CNC(=O)C1CCN(C(=O)C2CC2)CC1)N1CCCC1. The number of benzene rings is 1. The molecule has 29 heavy (non-hydrogen) atoms. The maximum absolute atomic E-state index is 12.9. The van der Waals surface area contributed by atoms with Gasteiger partial charge in [-0.3, -0.25) is 14.5 Å². The molecule has 0 unspecified atom stereocenters. The molecule has 2 saturated heterocycles. The first kappa shape index (κ1) is 20.2. The van der Waals surface area contributed by atoms with Crippen LogP contribution in [-0.4, -0.2) is 61.4 Å². The Morgan fingerprint density at radius 2 is 1.72 bits per heavy atom. The van der Waals surface area contributed by atoms with Crippen LogP contribution in [0.4, 0.5) is 0 Å². The maximum atomic E-state index is 12.9. The molecule has 0 spiro atoms. The number of carbonyl (C=O) groups is 2. The molecule has 6 nitrogen and oxygen atoms in total. The fourth-order valence-electron chi connectivity index (χ4n) is 4.72. The number of ether oxygens (including phenoxy) is 1. The minimum absolute atomic E-state index is 0.00940. The van der Waals surface area contributed by atoms with Crippen LogP contribution in [0.25, 0.3) is 0 Å². The van der Waals surface area contributed by atoms with Crippen molar-refractivity contribution in [3.05, 3.63) is 29.8 Å². The molecule has 6 heteroatoms. The Kier molecular flexibility index (Phi) is 6.38. The van der Waals surface area contributed by atoms with Crippen LogP contribution < -0.4 is 10.1 Å². The van der Waals surface area contributed by atoms with Crippen LogP contribution in [-0.2, 0) is 9.59 Å². The molecule has 2 amide bonds. The average Bonchev–Trinajstić information content (AvgIpc) is 3.48. The Balaban J connectivity index is 1.35. The van der Waals surface area contributed by atoms with Crippen molar-refractivity contribution in [2.24, 2.45) is 11.8 Å². The number of methoxy groups -OCH3 is 1. The van der Waals surface area contributed by atoms with Crippen molar-refractivity contribution in [3.8, 4) is 5.75 Å². The highest BCUT2D eigenvalue weighted by Gasteiger charge is 2.36. The molecule has 2 aliphatic heterocycles. The van der Waals surface area contributed by atoms with E-state index in [0.29, 0.717) is 12.5 Å². The first-order chi connectivity index (χ1) is 14.2. The van der Waals surface area contributed by atoms with Gasteiger partial charge in [0.1, 0.15) is 5.75 Å². The average molecular weight is 400 g/mol. The number of hydrogen-bond acceptors (Lipinski definition) is 4. The van der Waals surface area contributed by atoms with Gasteiger partial charge in [-0.2, -0.15) is 0 Å². The second kappa shape index (κ2) is 9.16. The molecule has 3 aliphatic rings. The van der Waals surface area contributed by atoms with E-state index in [1.54, 1.807) is 7.11 Å². The quantitative estimate of drug-likeness (QED) is 0.766.